The number of likely N-dealkylation sites (tertiary alicyclic amines) is 1. The van der Waals surface area contributed by atoms with Gasteiger partial charge in [0, 0.05) is 19.5 Å². The molecule has 7 nitrogen and oxygen atoms in total. The van der Waals surface area contributed by atoms with Gasteiger partial charge in [-0.15, -0.1) is 0 Å². The molecule has 0 aliphatic carbocycles. The van der Waals surface area contributed by atoms with E-state index in [1.165, 1.54) is 11.3 Å². The van der Waals surface area contributed by atoms with Gasteiger partial charge in [0.25, 0.3) is 0 Å². The average molecular weight is 466 g/mol. The number of amides is 2. The smallest absolute Gasteiger partial charge is 0.231 e. The second kappa shape index (κ2) is 10.0. The third-order valence-corrected chi connectivity index (χ3v) is 6.89. The molecule has 1 aliphatic heterocycles. The van der Waals surface area contributed by atoms with Crippen LogP contribution in [-0.4, -0.2) is 49.0 Å². The molecule has 0 saturated carbocycles. The van der Waals surface area contributed by atoms with Crippen LogP contribution in [0.15, 0.2) is 48.5 Å². The standard InChI is InChI=1S/C25H27N3O4S/c1-16-23(18-7-5-4-6-8-18)33-25(26-16)27-24(30)19-14-22(29)28(15-19)12-11-17-9-10-20(31-2)21(13-17)32-3/h4-10,13,19H,11-12,14-15H2,1-3H3,(H,26,27,30). The molecule has 1 aliphatic rings. The molecule has 172 valence electrons. The Hall–Kier alpha value is -3.39. The molecule has 0 radical (unpaired) electrons. The highest BCUT2D eigenvalue weighted by atomic mass is 32.1. The second-order valence-corrected chi connectivity index (χ2v) is 8.97. The normalized spacial score (nSPS) is 15.5. The number of rotatable bonds is 8. The maximum atomic E-state index is 12.8. The molecule has 1 atom stereocenters. The number of anilines is 1. The molecule has 1 saturated heterocycles. The van der Waals surface area contributed by atoms with E-state index in [1.54, 1.807) is 19.1 Å². The van der Waals surface area contributed by atoms with Gasteiger partial charge in [-0.25, -0.2) is 4.98 Å². The number of methoxy groups -OCH3 is 2. The van der Waals surface area contributed by atoms with Crippen LogP contribution in [0.3, 0.4) is 0 Å². The van der Waals surface area contributed by atoms with Crippen molar-refractivity contribution in [1.82, 2.24) is 9.88 Å². The molecule has 8 heteroatoms. The van der Waals surface area contributed by atoms with Crippen LogP contribution in [-0.2, 0) is 16.0 Å². The Bertz CT molecular complexity index is 1150. The minimum Gasteiger partial charge on any atom is -0.493 e. The van der Waals surface area contributed by atoms with Crippen LogP contribution in [0.1, 0.15) is 17.7 Å². The van der Waals surface area contributed by atoms with Gasteiger partial charge < -0.3 is 19.7 Å². The maximum absolute atomic E-state index is 12.8. The molecule has 1 aromatic heterocycles. The Labute approximate surface area is 197 Å². The van der Waals surface area contributed by atoms with Crippen LogP contribution in [0.2, 0.25) is 0 Å². The number of aryl methyl sites for hydroxylation is 1. The molecule has 4 rings (SSSR count). The fourth-order valence-corrected chi connectivity index (χ4v) is 4.95. The zero-order chi connectivity index (χ0) is 23.4. The van der Waals surface area contributed by atoms with Gasteiger partial charge >= 0.3 is 0 Å². The van der Waals surface area contributed by atoms with Crippen LogP contribution in [0.5, 0.6) is 11.5 Å². The lowest BCUT2D eigenvalue weighted by Gasteiger charge is -2.17. The van der Waals surface area contributed by atoms with E-state index in [9.17, 15) is 9.59 Å². The summed E-state index contributed by atoms with van der Waals surface area (Å²) in [6.07, 6.45) is 0.889. The first-order valence-corrected chi connectivity index (χ1v) is 11.6. The third kappa shape index (κ3) is 5.17. The highest BCUT2D eigenvalue weighted by Gasteiger charge is 2.34. The molecule has 0 spiro atoms. The van der Waals surface area contributed by atoms with Crippen LogP contribution in [0.25, 0.3) is 10.4 Å². The van der Waals surface area contributed by atoms with Crippen molar-refractivity contribution in [3.8, 4) is 21.9 Å². The molecular formula is C25H27N3O4S. The van der Waals surface area contributed by atoms with E-state index in [4.69, 9.17) is 9.47 Å². The number of aromatic nitrogens is 1. The topological polar surface area (TPSA) is 80.8 Å². The predicted octanol–water partition coefficient (Wildman–Crippen LogP) is 4.17. The van der Waals surface area contributed by atoms with Gasteiger partial charge in [0.15, 0.2) is 16.6 Å². The zero-order valence-corrected chi connectivity index (χ0v) is 19.8. The average Bonchev–Trinajstić information content (AvgIpc) is 3.39. The minimum atomic E-state index is -0.382. The first kappa shape index (κ1) is 22.8. The Kier molecular flexibility index (Phi) is 6.93. The summed E-state index contributed by atoms with van der Waals surface area (Å²) >= 11 is 1.45. The number of hydrogen-bond donors (Lipinski definition) is 1. The molecular weight excluding hydrogens is 438 g/mol. The van der Waals surface area contributed by atoms with Crippen LogP contribution >= 0.6 is 11.3 Å². The van der Waals surface area contributed by atoms with Gasteiger partial charge in [-0.3, -0.25) is 9.59 Å². The number of carbonyl (C=O) groups excluding carboxylic acids is 2. The molecule has 1 unspecified atom stereocenters. The van der Waals surface area contributed by atoms with Gasteiger partial charge in [0.05, 0.1) is 30.7 Å². The quantitative estimate of drug-likeness (QED) is 0.540. The summed E-state index contributed by atoms with van der Waals surface area (Å²) in [5.74, 6) is 0.783. The number of benzene rings is 2. The lowest BCUT2D eigenvalue weighted by atomic mass is 10.1. The Morgan fingerprint density at radius 1 is 1.15 bits per heavy atom. The van der Waals surface area contributed by atoms with Crippen molar-refractivity contribution in [3.05, 3.63) is 59.8 Å². The van der Waals surface area contributed by atoms with Gasteiger partial charge in [0.1, 0.15) is 0 Å². The first-order chi connectivity index (χ1) is 16.0. The molecule has 0 bridgehead atoms. The van der Waals surface area contributed by atoms with E-state index in [1.807, 2.05) is 55.5 Å². The van der Waals surface area contributed by atoms with Crippen molar-refractivity contribution in [1.29, 1.82) is 0 Å². The Morgan fingerprint density at radius 2 is 1.91 bits per heavy atom. The second-order valence-electron chi connectivity index (χ2n) is 7.97. The number of ether oxygens (including phenoxy) is 2. The van der Waals surface area contributed by atoms with Crippen molar-refractivity contribution in [2.24, 2.45) is 5.92 Å². The fourth-order valence-electron chi connectivity index (χ4n) is 3.98. The van der Waals surface area contributed by atoms with Gasteiger partial charge in [-0.05, 0) is 36.6 Å². The van der Waals surface area contributed by atoms with E-state index < -0.39 is 0 Å². The number of thiazole rings is 1. The summed E-state index contributed by atoms with van der Waals surface area (Å²) in [4.78, 5) is 32.6. The molecule has 33 heavy (non-hydrogen) atoms. The lowest BCUT2D eigenvalue weighted by molar-refractivity contribution is -0.128. The number of nitrogens with one attached hydrogen (secondary N) is 1. The van der Waals surface area contributed by atoms with Crippen LogP contribution in [0, 0.1) is 12.8 Å². The number of hydrogen-bond acceptors (Lipinski definition) is 6. The molecule has 2 amide bonds. The maximum Gasteiger partial charge on any atom is 0.231 e. The molecule has 1 fully saturated rings. The van der Waals surface area contributed by atoms with Crippen LogP contribution < -0.4 is 14.8 Å². The summed E-state index contributed by atoms with van der Waals surface area (Å²) in [7, 11) is 3.20. The first-order valence-electron chi connectivity index (χ1n) is 10.8. The predicted molar refractivity (Wildman–Crippen MR) is 129 cm³/mol. The van der Waals surface area contributed by atoms with Gasteiger partial charge in [-0.1, -0.05) is 47.7 Å². The van der Waals surface area contributed by atoms with Crippen molar-refractivity contribution < 1.29 is 19.1 Å². The zero-order valence-electron chi connectivity index (χ0n) is 19.0. The monoisotopic (exact) mass is 465 g/mol. The van der Waals surface area contributed by atoms with E-state index in [-0.39, 0.29) is 24.2 Å². The minimum absolute atomic E-state index is 0.00378. The van der Waals surface area contributed by atoms with E-state index in [0.717, 1.165) is 21.7 Å². The third-order valence-electron chi connectivity index (χ3n) is 5.77. The lowest BCUT2D eigenvalue weighted by Crippen LogP contribution is -2.30. The number of carbonyl (C=O) groups is 2. The van der Waals surface area contributed by atoms with E-state index in [0.29, 0.717) is 36.1 Å². The molecule has 2 heterocycles. The summed E-state index contributed by atoms with van der Waals surface area (Å²) < 4.78 is 10.6. The molecule has 1 N–H and O–H groups in total. The summed E-state index contributed by atoms with van der Waals surface area (Å²) in [5.41, 5.74) is 2.99. The molecule has 2 aromatic carbocycles. The Morgan fingerprint density at radius 3 is 2.64 bits per heavy atom. The van der Waals surface area contributed by atoms with Crippen molar-refractivity contribution in [3.63, 3.8) is 0 Å². The molecule has 3 aromatic rings. The summed E-state index contributed by atoms with van der Waals surface area (Å²) in [5, 5.41) is 3.48. The summed E-state index contributed by atoms with van der Waals surface area (Å²) in [6, 6.07) is 15.7. The highest BCUT2D eigenvalue weighted by Crippen LogP contribution is 2.33. The van der Waals surface area contributed by atoms with Crippen LogP contribution in [0.4, 0.5) is 5.13 Å². The van der Waals surface area contributed by atoms with Gasteiger partial charge in [0.2, 0.25) is 11.8 Å². The highest BCUT2D eigenvalue weighted by molar-refractivity contribution is 7.19. The SMILES string of the molecule is COc1ccc(CCN2CC(C(=O)Nc3nc(C)c(-c4ccccc4)s3)CC2=O)cc1OC. The fraction of sp³-hybridized carbons (Fsp3) is 0.320. The van der Waals surface area contributed by atoms with Crippen molar-refractivity contribution in [2.75, 3.05) is 32.6 Å². The van der Waals surface area contributed by atoms with Gasteiger partial charge in [-0.2, -0.15) is 0 Å². The summed E-state index contributed by atoms with van der Waals surface area (Å²) in [6.45, 7) is 2.89. The Balaban J connectivity index is 1.35. The van der Waals surface area contributed by atoms with Crippen molar-refractivity contribution >= 4 is 28.3 Å². The largest absolute Gasteiger partial charge is 0.493 e. The van der Waals surface area contributed by atoms with Crippen molar-refractivity contribution in [2.45, 2.75) is 19.8 Å². The van der Waals surface area contributed by atoms with E-state index >= 15 is 0 Å². The van der Waals surface area contributed by atoms with E-state index in [2.05, 4.69) is 10.3 Å². The number of nitrogens with zero attached hydrogens (tertiary/aromatic N) is 2.